The molecule has 0 atom stereocenters. The first-order chi connectivity index (χ1) is 10.3. The first kappa shape index (κ1) is 12.4. The van der Waals surface area contributed by atoms with Crippen LogP contribution in [-0.4, -0.2) is 30.9 Å². The molecule has 1 aromatic carbocycles. The Labute approximate surface area is 126 Å². The molecule has 2 aromatic heterocycles. The summed E-state index contributed by atoms with van der Waals surface area (Å²) in [5.74, 6) is 1.60. The highest BCUT2D eigenvalue weighted by Crippen LogP contribution is 2.34. The summed E-state index contributed by atoms with van der Waals surface area (Å²) in [6.07, 6.45) is 3.27. The molecule has 1 aliphatic rings. The van der Waals surface area contributed by atoms with Crippen LogP contribution in [0.15, 0.2) is 30.9 Å². The van der Waals surface area contributed by atoms with Gasteiger partial charge in [-0.2, -0.15) is 5.10 Å². The van der Waals surface area contributed by atoms with Crippen LogP contribution in [0.1, 0.15) is 12.6 Å². The van der Waals surface area contributed by atoms with Crippen LogP contribution >= 0.6 is 11.6 Å². The van der Waals surface area contributed by atoms with Crippen LogP contribution < -0.4 is 4.74 Å². The molecule has 7 heteroatoms. The zero-order chi connectivity index (χ0) is 14.4. The van der Waals surface area contributed by atoms with E-state index in [1.54, 1.807) is 12.7 Å². The average molecular weight is 302 g/mol. The maximum atomic E-state index is 6.19. The van der Waals surface area contributed by atoms with Crippen molar-refractivity contribution in [1.82, 2.24) is 24.3 Å². The van der Waals surface area contributed by atoms with E-state index < -0.39 is 0 Å². The van der Waals surface area contributed by atoms with Gasteiger partial charge >= 0.3 is 0 Å². The lowest BCUT2D eigenvalue weighted by atomic mass is 10.1. The van der Waals surface area contributed by atoms with Gasteiger partial charge in [0.25, 0.3) is 0 Å². The minimum absolute atomic E-state index is 0.484. The molecule has 0 aliphatic carbocycles. The van der Waals surface area contributed by atoms with E-state index >= 15 is 0 Å². The quantitative estimate of drug-likeness (QED) is 0.571. The van der Waals surface area contributed by atoms with E-state index in [0.29, 0.717) is 18.3 Å². The number of halogens is 1. The summed E-state index contributed by atoms with van der Waals surface area (Å²) >= 11 is 6.19. The summed E-state index contributed by atoms with van der Waals surface area (Å²) in [6, 6.07) is 5.90. The number of fused-ring (bicyclic) bond motifs is 5. The number of hydrogen-bond acceptors (Lipinski definition) is 4. The Morgan fingerprint density at radius 1 is 1.33 bits per heavy atom. The molecular weight excluding hydrogens is 290 g/mol. The molecule has 106 valence electrons. The van der Waals surface area contributed by atoms with E-state index in [4.69, 9.17) is 16.3 Å². The highest BCUT2D eigenvalue weighted by Gasteiger charge is 2.23. The van der Waals surface area contributed by atoms with Gasteiger partial charge in [0.2, 0.25) is 0 Å². The Balaban J connectivity index is 2.01. The predicted molar refractivity (Wildman–Crippen MR) is 77.9 cm³/mol. The summed E-state index contributed by atoms with van der Waals surface area (Å²) < 4.78 is 9.39. The van der Waals surface area contributed by atoms with Gasteiger partial charge in [-0.25, -0.2) is 14.6 Å². The highest BCUT2D eigenvalue weighted by atomic mass is 35.5. The standard InChI is InChI=1S/C14H12ClN5O/c1-2-21-9-3-4-11-10(5-9)14-16-7-18-20(14)6-12-13(15)17-8-19(11)12/h3-5,7-8H,2,6H2,1H3. The zero-order valence-electron chi connectivity index (χ0n) is 11.3. The van der Waals surface area contributed by atoms with Gasteiger partial charge < -0.3 is 4.74 Å². The molecular formula is C14H12ClN5O. The van der Waals surface area contributed by atoms with Crippen LogP contribution in [0.3, 0.4) is 0 Å². The molecule has 0 spiro atoms. The number of rotatable bonds is 2. The lowest BCUT2D eigenvalue weighted by Gasteiger charge is -2.10. The van der Waals surface area contributed by atoms with Gasteiger partial charge in [-0.1, -0.05) is 11.6 Å². The molecule has 3 aromatic rings. The lowest BCUT2D eigenvalue weighted by molar-refractivity contribution is 0.340. The minimum Gasteiger partial charge on any atom is -0.494 e. The third kappa shape index (κ3) is 1.83. The average Bonchev–Trinajstić information content (AvgIpc) is 3.05. The van der Waals surface area contributed by atoms with Crippen LogP contribution in [0, 0.1) is 0 Å². The first-order valence-electron chi connectivity index (χ1n) is 6.65. The van der Waals surface area contributed by atoms with Crippen molar-refractivity contribution >= 4 is 11.6 Å². The van der Waals surface area contributed by atoms with Crippen molar-refractivity contribution in [1.29, 1.82) is 0 Å². The monoisotopic (exact) mass is 301 g/mol. The molecule has 3 heterocycles. The summed E-state index contributed by atoms with van der Waals surface area (Å²) in [5, 5.41) is 4.76. The van der Waals surface area contributed by atoms with Crippen LogP contribution in [0.2, 0.25) is 5.15 Å². The van der Waals surface area contributed by atoms with Crippen molar-refractivity contribution in [3.63, 3.8) is 0 Å². The molecule has 0 fully saturated rings. The molecule has 0 unspecified atom stereocenters. The van der Waals surface area contributed by atoms with E-state index in [0.717, 1.165) is 28.5 Å². The fourth-order valence-electron chi connectivity index (χ4n) is 2.59. The Bertz CT molecular complexity index is 823. The second-order valence-electron chi connectivity index (χ2n) is 4.71. The third-order valence-electron chi connectivity index (χ3n) is 3.51. The van der Waals surface area contributed by atoms with Crippen LogP contribution in [0.5, 0.6) is 5.75 Å². The molecule has 0 amide bonds. The Hall–Kier alpha value is -2.34. The normalized spacial score (nSPS) is 12.3. The van der Waals surface area contributed by atoms with Gasteiger partial charge in [0.1, 0.15) is 18.4 Å². The lowest BCUT2D eigenvalue weighted by Crippen LogP contribution is -2.04. The topological polar surface area (TPSA) is 57.8 Å². The van der Waals surface area contributed by atoms with Gasteiger partial charge in [0.15, 0.2) is 11.0 Å². The van der Waals surface area contributed by atoms with Gasteiger partial charge in [-0.05, 0) is 25.1 Å². The predicted octanol–water partition coefficient (Wildman–Crippen LogP) is 2.54. The molecule has 6 nitrogen and oxygen atoms in total. The van der Waals surface area contributed by atoms with Crippen molar-refractivity contribution in [2.75, 3.05) is 6.61 Å². The maximum absolute atomic E-state index is 6.19. The number of hydrogen-bond donors (Lipinski definition) is 0. The van der Waals surface area contributed by atoms with Crippen molar-refractivity contribution in [2.45, 2.75) is 13.5 Å². The van der Waals surface area contributed by atoms with Crippen molar-refractivity contribution < 1.29 is 4.74 Å². The molecule has 0 radical (unpaired) electrons. The second kappa shape index (κ2) is 4.60. The number of aromatic nitrogens is 5. The SMILES string of the molecule is CCOc1ccc2c(c1)-c1ncnn1Cc1c(Cl)ncn1-2. The summed E-state index contributed by atoms with van der Waals surface area (Å²) in [7, 11) is 0. The second-order valence-corrected chi connectivity index (χ2v) is 5.06. The van der Waals surface area contributed by atoms with Gasteiger partial charge in [0.05, 0.1) is 24.5 Å². The van der Waals surface area contributed by atoms with Crippen molar-refractivity contribution in [3.8, 4) is 22.8 Å². The molecule has 0 saturated carbocycles. The fourth-order valence-corrected chi connectivity index (χ4v) is 2.79. The molecule has 21 heavy (non-hydrogen) atoms. The number of ether oxygens (including phenoxy) is 1. The first-order valence-corrected chi connectivity index (χ1v) is 7.03. The van der Waals surface area contributed by atoms with Gasteiger partial charge in [-0.15, -0.1) is 0 Å². The van der Waals surface area contributed by atoms with E-state index in [2.05, 4.69) is 15.1 Å². The van der Waals surface area contributed by atoms with E-state index in [1.807, 2.05) is 34.4 Å². The summed E-state index contributed by atoms with van der Waals surface area (Å²) in [5.41, 5.74) is 2.82. The molecule has 1 aliphatic heterocycles. The maximum Gasteiger partial charge on any atom is 0.160 e. The number of imidazole rings is 1. The van der Waals surface area contributed by atoms with Crippen LogP contribution in [0.4, 0.5) is 0 Å². The third-order valence-corrected chi connectivity index (χ3v) is 3.83. The minimum atomic E-state index is 0.484. The summed E-state index contributed by atoms with van der Waals surface area (Å²) in [4.78, 5) is 8.56. The largest absolute Gasteiger partial charge is 0.494 e. The van der Waals surface area contributed by atoms with Crippen LogP contribution in [0.25, 0.3) is 17.1 Å². The summed E-state index contributed by atoms with van der Waals surface area (Å²) in [6.45, 7) is 3.11. The van der Waals surface area contributed by atoms with E-state index in [1.165, 1.54) is 0 Å². The smallest absolute Gasteiger partial charge is 0.160 e. The Kier molecular flexibility index (Phi) is 2.71. The van der Waals surface area contributed by atoms with E-state index in [-0.39, 0.29) is 0 Å². The van der Waals surface area contributed by atoms with E-state index in [9.17, 15) is 0 Å². The highest BCUT2D eigenvalue weighted by molar-refractivity contribution is 6.30. The number of nitrogens with zero attached hydrogens (tertiary/aromatic N) is 5. The van der Waals surface area contributed by atoms with Crippen LogP contribution in [-0.2, 0) is 6.54 Å². The van der Waals surface area contributed by atoms with Crippen molar-refractivity contribution in [3.05, 3.63) is 41.7 Å². The van der Waals surface area contributed by atoms with Gasteiger partial charge in [-0.3, -0.25) is 4.57 Å². The molecule has 0 bridgehead atoms. The Morgan fingerprint density at radius 3 is 3.10 bits per heavy atom. The molecule has 0 saturated heterocycles. The Morgan fingerprint density at radius 2 is 2.24 bits per heavy atom. The zero-order valence-corrected chi connectivity index (χ0v) is 12.1. The number of benzene rings is 1. The molecule has 4 rings (SSSR count). The molecule has 0 N–H and O–H groups in total. The van der Waals surface area contributed by atoms with Gasteiger partial charge in [0, 0.05) is 5.56 Å². The van der Waals surface area contributed by atoms with Crippen molar-refractivity contribution in [2.24, 2.45) is 0 Å². The fraction of sp³-hybridized carbons (Fsp3) is 0.214.